The summed E-state index contributed by atoms with van der Waals surface area (Å²) in [6, 6.07) is 23.9. The first-order valence-corrected chi connectivity index (χ1v) is 47.4. The topological polar surface area (TPSA) is 345 Å². The Morgan fingerprint density at radius 3 is 1.28 bits per heavy atom. The highest BCUT2D eigenvalue weighted by Crippen LogP contribution is 2.44. The van der Waals surface area contributed by atoms with Crippen molar-refractivity contribution in [2.24, 2.45) is 5.92 Å². The van der Waals surface area contributed by atoms with Gasteiger partial charge in [0.05, 0.1) is 107 Å². The molecule has 4 atom stereocenters. The van der Waals surface area contributed by atoms with Crippen LogP contribution < -0.4 is 40.8 Å². The van der Waals surface area contributed by atoms with Gasteiger partial charge < -0.3 is 74.4 Å². The molecule has 1 unspecified atom stereocenters. The normalized spacial score (nSPS) is 18.1. The van der Waals surface area contributed by atoms with Gasteiger partial charge in [0.25, 0.3) is 0 Å². The van der Waals surface area contributed by atoms with E-state index >= 15 is 0 Å². The smallest absolute Gasteiger partial charge is 0.315 e. The molecule has 5 aliphatic rings. The van der Waals surface area contributed by atoms with Crippen molar-refractivity contribution in [3.8, 4) is 0 Å². The molecular formula is C83H112Cl6N12O17S3. The van der Waals surface area contributed by atoms with E-state index < -0.39 is 41.6 Å². The van der Waals surface area contributed by atoms with Crippen LogP contribution in [0.2, 0.25) is 30.1 Å². The molecule has 8 N–H and O–H groups in total. The molecule has 29 nitrogen and oxygen atoms in total. The molecule has 5 aromatic carbocycles. The summed E-state index contributed by atoms with van der Waals surface area (Å²) in [6.07, 6.45) is 5.44. The van der Waals surface area contributed by atoms with E-state index in [0.717, 1.165) is 44.5 Å². The average Bonchev–Trinajstić information content (AvgIpc) is 0.780. The minimum absolute atomic E-state index is 0.00410. The Morgan fingerprint density at radius 1 is 0.463 bits per heavy atom. The average molecular weight is 1860 g/mol. The summed E-state index contributed by atoms with van der Waals surface area (Å²) < 4.78 is 129. The number of likely N-dealkylation sites (N-methyl/N-ethyl adjacent to an activating group) is 3. The van der Waals surface area contributed by atoms with Crippen LogP contribution in [0.25, 0.3) is 0 Å². The predicted octanol–water partition coefficient (Wildman–Crippen LogP) is 8.79. The van der Waals surface area contributed by atoms with Crippen molar-refractivity contribution in [1.82, 2.24) is 60.3 Å². The number of hydrogen-bond donors (Lipinski definition) is 8. The lowest BCUT2D eigenvalue weighted by molar-refractivity contribution is -0.121. The molecule has 0 spiro atoms. The first kappa shape index (κ1) is 97.5. The maximum Gasteiger partial charge on any atom is 0.315 e. The van der Waals surface area contributed by atoms with Gasteiger partial charge in [-0.2, -0.15) is 0 Å². The van der Waals surface area contributed by atoms with Crippen LogP contribution in [0.15, 0.2) is 118 Å². The van der Waals surface area contributed by atoms with Gasteiger partial charge in [-0.05, 0) is 164 Å². The molecule has 10 rings (SSSR count). The lowest BCUT2D eigenvalue weighted by Gasteiger charge is -2.37. The molecule has 0 saturated carbocycles. The SMILES string of the molecule is CN1Cc2c(Cl)cc(Cl)cc2[C@H](c2cccc(S(=O)(=O)NCCOCCOCCNC(=O)CCC(CCC(=O)NCCOCCOCCNS(=O)(=O)C3=CC=CC([C@@H]4CN(C)Cc5c(Cl)cc(Cl)cc54)C3)(CCC(=O)NCCOCCOCCNS(=O)(=O)c3cccc([C@@H]4CN(C)Cc5c(Cl)cc(Cl)cc54)c3)NC(=O)NCCN3CCOCC3)c2)C1. The number of carbonyl (C=O) groups excluding carboxylic acids is 4. The third-order valence-electron chi connectivity index (χ3n) is 21.7. The highest BCUT2D eigenvalue weighted by molar-refractivity contribution is 7.93. The number of rotatable bonds is 49. The number of urea groups is 1. The van der Waals surface area contributed by atoms with Crippen LogP contribution in [0, 0.1) is 5.92 Å². The van der Waals surface area contributed by atoms with E-state index in [1.807, 2.05) is 57.6 Å². The van der Waals surface area contributed by atoms with E-state index in [1.165, 1.54) is 12.1 Å². The van der Waals surface area contributed by atoms with Gasteiger partial charge in [-0.15, -0.1) is 0 Å². The van der Waals surface area contributed by atoms with Gasteiger partial charge >= 0.3 is 6.03 Å². The Labute approximate surface area is 741 Å². The van der Waals surface area contributed by atoms with Crippen molar-refractivity contribution in [2.75, 3.05) is 199 Å². The number of fused-ring (bicyclic) bond motifs is 3. The lowest BCUT2D eigenvalue weighted by Crippen LogP contribution is -2.54. The minimum atomic E-state index is -3.91. The standard InChI is InChI=1S/C83H112Cl6N12O17S3/c1-98-52-70(67-46-61(84)49-76(87)73(67)55-98)58-7-4-10-64(43-58)119(106,107)94-23-32-115-40-37-112-29-20-90-79(102)13-16-83(97-82(105)93-19-26-101-27-35-118-36-28-101,17-14-80(103)91-21-30-113-38-41-116-33-24-95-120(108,109)65-11-5-8-59(44-65)71-53-99(2)56-74-68(71)47-62(85)50-77(74)88)18-15-81(104)92-22-31-114-39-42-117-34-25-96-121(110,111)66-12-6-9-60(45-66)72-54-100(3)57-75-69(72)48-63(86)51-78(75)89/h4-12,43-44,46-51,60,70-72,94-96H,13-42,45,52-57H2,1-3H3,(H,90,102)(H,91,103)(H,92,104)(H2,93,97,105)/t60?,70-,71-,72-/m0/s1. The van der Waals surface area contributed by atoms with Gasteiger partial charge in [0.1, 0.15) is 0 Å². The number of nitrogens with zero attached hydrogens (tertiary/aromatic N) is 4. The zero-order valence-corrected chi connectivity index (χ0v) is 75.5. The molecule has 4 aliphatic heterocycles. The second-order valence-corrected chi connectivity index (χ2v) is 38.6. The number of sulfonamides is 3. The number of hydrogen-bond acceptors (Lipinski definition) is 21. The summed E-state index contributed by atoms with van der Waals surface area (Å²) in [5.41, 5.74) is 6.18. The fraction of sp³-hybridized carbons (Fsp3) is 0.542. The van der Waals surface area contributed by atoms with E-state index in [0.29, 0.717) is 109 Å². The van der Waals surface area contributed by atoms with Gasteiger partial charge in [-0.3, -0.25) is 19.3 Å². The fourth-order valence-electron chi connectivity index (χ4n) is 15.5. The summed E-state index contributed by atoms with van der Waals surface area (Å²) in [5.74, 6) is -1.58. The van der Waals surface area contributed by atoms with Crippen molar-refractivity contribution in [3.05, 3.63) is 183 Å². The van der Waals surface area contributed by atoms with Crippen molar-refractivity contribution < 1.29 is 77.6 Å². The van der Waals surface area contributed by atoms with E-state index in [-0.39, 0.29) is 220 Å². The third-order valence-corrected chi connectivity index (χ3v) is 27.9. The fourth-order valence-corrected chi connectivity index (χ4v) is 20.6. The van der Waals surface area contributed by atoms with E-state index in [9.17, 15) is 44.4 Å². The van der Waals surface area contributed by atoms with Gasteiger partial charge in [0.2, 0.25) is 47.8 Å². The molecule has 38 heteroatoms. The molecule has 5 amide bonds. The van der Waals surface area contributed by atoms with Gasteiger partial charge in [0.15, 0.2) is 0 Å². The van der Waals surface area contributed by atoms with Crippen molar-refractivity contribution in [2.45, 2.75) is 97.7 Å². The van der Waals surface area contributed by atoms with Crippen LogP contribution in [-0.2, 0) is 97.2 Å². The number of amides is 5. The Kier molecular flexibility index (Phi) is 38.9. The Hall–Kier alpha value is -5.71. The predicted molar refractivity (Wildman–Crippen MR) is 468 cm³/mol. The quantitative estimate of drug-likeness (QED) is 0.0169. The van der Waals surface area contributed by atoms with E-state index in [4.69, 9.17) is 103 Å². The summed E-state index contributed by atoms with van der Waals surface area (Å²) >= 11 is 39.1. The molecule has 0 bridgehead atoms. The molecule has 1 saturated heterocycles. The van der Waals surface area contributed by atoms with Crippen molar-refractivity contribution in [3.63, 3.8) is 0 Å². The summed E-state index contributed by atoms with van der Waals surface area (Å²) in [4.78, 5) is 64.2. The highest BCUT2D eigenvalue weighted by Gasteiger charge is 2.37. The largest absolute Gasteiger partial charge is 0.379 e. The van der Waals surface area contributed by atoms with E-state index in [2.05, 4.69) is 60.3 Å². The highest BCUT2D eigenvalue weighted by atomic mass is 35.5. The molecule has 0 aromatic heterocycles. The van der Waals surface area contributed by atoms with Gasteiger partial charge in [0, 0.05) is 177 Å². The number of morpholine rings is 1. The van der Waals surface area contributed by atoms with Gasteiger partial charge in [-0.25, -0.2) is 44.2 Å². The molecule has 0 radical (unpaired) electrons. The minimum Gasteiger partial charge on any atom is -0.379 e. The van der Waals surface area contributed by atoms with Crippen LogP contribution in [0.4, 0.5) is 4.79 Å². The number of allylic oxidation sites excluding steroid dienone is 4. The molecular weight excluding hydrogens is 1750 g/mol. The number of carbonyl (C=O) groups is 4. The monoisotopic (exact) mass is 1850 g/mol. The second-order valence-electron chi connectivity index (χ2n) is 30.7. The molecule has 121 heavy (non-hydrogen) atoms. The Balaban J connectivity index is 0.664. The first-order valence-electron chi connectivity index (χ1n) is 40.7. The maximum atomic E-state index is 14.0. The van der Waals surface area contributed by atoms with Crippen LogP contribution >= 0.6 is 69.6 Å². The molecule has 4 heterocycles. The molecule has 1 aliphatic carbocycles. The number of nitrogens with one attached hydrogen (secondary N) is 8. The molecule has 1 fully saturated rings. The van der Waals surface area contributed by atoms with Crippen LogP contribution in [-0.4, -0.2) is 273 Å². The maximum absolute atomic E-state index is 14.0. The number of halogens is 6. The number of ether oxygens (including phenoxy) is 7. The molecule has 666 valence electrons. The van der Waals surface area contributed by atoms with Gasteiger partial charge in [-0.1, -0.05) is 106 Å². The zero-order valence-electron chi connectivity index (χ0n) is 68.5. The second kappa shape index (κ2) is 48.3. The Bertz CT molecular complexity index is 4550. The summed E-state index contributed by atoms with van der Waals surface area (Å²) in [7, 11) is -5.68. The third kappa shape index (κ3) is 30.5. The Morgan fingerprint density at radius 2 is 0.851 bits per heavy atom. The first-order chi connectivity index (χ1) is 58.0. The summed E-state index contributed by atoms with van der Waals surface area (Å²) in [6.45, 7) is 8.99. The zero-order chi connectivity index (χ0) is 86.5. The van der Waals surface area contributed by atoms with Crippen molar-refractivity contribution in [1.29, 1.82) is 0 Å². The molecule has 5 aromatic rings. The van der Waals surface area contributed by atoms with Crippen LogP contribution in [0.5, 0.6) is 0 Å². The van der Waals surface area contributed by atoms with Crippen LogP contribution in [0.1, 0.15) is 107 Å². The number of benzene rings is 5. The summed E-state index contributed by atoms with van der Waals surface area (Å²) in [5, 5.41) is 17.8. The van der Waals surface area contributed by atoms with Crippen LogP contribution in [0.3, 0.4) is 0 Å². The lowest BCUT2D eigenvalue weighted by atomic mass is 9.78. The van der Waals surface area contributed by atoms with Crippen molar-refractivity contribution >= 4 is 123 Å². The van der Waals surface area contributed by atoms with E-state index in [1.54, 1.807) is 54.6 Å².